The maximum atomic E-state index is 12.6. The van der Waals surface area contributed by atoms with Crippen molar-refractivity contribution in [3.05, 3.63) is 70.7 Å². The molecule has 2 N–H and O–H groups in total. The van der Waals surface area contributed by atoms with E-state index in [1.54, 1.807) is 13.2 Å². The number of thiocarbonyl (C=S) groups is 1. The lowest BCUT2D eigenvalue weighted by Gasteiger charge is -2.13. The first-order valence-electron chi connectivity index (χ1n) is 7.51. The van der Waals surface area contributed by atoms with Crippen LogP contribution in [0.2, 0.25) is 0 Å². The maximum Gasteiger partial charge on any atom is 0.261 e. The summed E-state index contributed by atoms with van der Waals surface area (Å²) < 4.78 is 6.32. The number of carbonyl (C=O) groups is 1. The van der Waals surface area contributed by atoms with Crippen molar-refractivity contribution in [2.45, 2.75) is 0 Å². The quantitative estimate of drug-likeness (QED) is 0.607. The van der Waals surface area contributed by atoms with Crippen molar-refractivity contribution in [2.24, 2.45) is 0 Å². The van der Waals surface area contributed by atoms with Gasteiger partial charge in [0.1, 0.15) is 5.75 Å². The molecule has 0 aliphatic rings. The molecule has 4 nitrogen and oxygen atoms in total. The Morgan fingerprint density at radius 3 is 2.32 bits per heavy atom. The Morgan fingerprint density at radius 2 is 1.68 bits per heavy atom. The zero-order valence-corrected chi connectivity index (χ0v) is 15.8. The van der Waals surface area contributed by atoms with Crippen molar-refractivity contribution in [1.29, 1.82) is 0 Å². The number of benzene rings is 3. The summed E-state index contributed by atoms with van der Waals surface area (Å²) in [4.78, 5) is 12.6. The minimum atomic E-state index is -0.322. The van der Waals surface area contributed by atoms with Crippen molar-refractivity contribution >= 4 is 55.6 Å². The summed E-state index contributed by atoms with van der Waals surface area (Å²) in [5, 5.41) is 7.86. The Balaban J connectivity index is 1.79. The van der Waals surface area contributed by atoms with Crippen molar-refractivity contribution < 1.29 is 9.53 Å². The molecule has 0 aliphatic carbocycles. The van der Waals surface area contributed by atoms with Gasteiger partial charge in [0.25, 0.3) is 5.91 Å². The molecule has 0 fully saturated rings. The molecule has 0 aliphatic heterocycles. The van der Waals surface area contributed by atoms with Gasteiger partial charge in [0.05, 0.1) is 12.7 Å². The Hall–Kier alpha value is -2.44. The molecule has 1 amide bonds. The highest BCUT2D eigenvalue weighted by atomic mass is 79.9. The predicted molar refractivity (Wildman–Crippen MR) is 108 cm³/mol. The molecular weight excluding hydrogens is 400 g/mol. The number of nitrogens with one attached hydrogen (secondary N) is 2. The molecule has 0 aromatic heterocycles. The molecule has 3 aromatic rings. The van der Waals surface area contributed by atoms with Crippen LogP contribution in [0.15, 0.2) is 65.1 Å². The van der Waals surface area contributed by atoms with E-state index in [1.807, 2.05) is 54.6 Å². The third kappa shape index (κ3) is 4.15. The first-order valence-corrected chi connectivity index (χ1v) is 8.71. The molecule has 0 heterocycles. The summed E-state index contributed by atoms with van der Waals surface area (Å²) in [6.07, 6.45) is 0. The van der Waals surface area contributed by atoms with E-state index in [0.29, 0.717) is 11.3 Å². The van der Waals surface area contributed by atoms with Crippen LogP contribution in [0.25, 0.3) is 10.8 Å². The fraction of sp³-hybridized carbons (Fsp3) is 0.0526. The van der Waals surface area contributed by atoms with Gasteiger partial charge >= 0.3 is 0 Å². The molecule has 0 saturated heterocycles. The van der Waals surface area contributed by atoms with Gasteiger partial charge in [0, 0.05) is 10.2 Å². The van der Waals surface area contributed by atoms with E-state index in [4.69, 9.17) is 17.0 Å². The average molecular weight is 415 g/mol. The van der Waals surface area contributed by atoms with E-state index < -0.39 is 0 Å². The average Bonchev–Trinajstić information content (AvgIpc) is 2.62. The number of halogens is 1. The van der Waals surface area contributed by atoms with Crippen LogP contribution in [0.1, 0.15) is 10.4 Å². The topological polar surface area (TPSA) is 50.4 Å². The van der Waals surface area contributed by atoms with Crippen molar-refractivity contribution in [3.63, 3.8) is 0 Å². The molecule has 6 heteroatoms. The third-order valence-corrected chi connectivity index (χ3v) is 4.37. The molecule has 3 aromatic carbocycles. The van der Waals surface area contributed by atoms with Gasteiger partial charge in [-0.05, 0) is 59.4 Å². The summed E-state index contributed by atoms with van der Waals surface area (Å²) in [5.74, 6) is 0.180. The van der Waals surface area contributed by atoms with Crippen molar-refractivity contribution in [3.8, 4) is 5.75 Å². The molecule has 0 saturated carbocycles. The van der Waals surface area contributed by atoms with Gasteiger partial charge in [-0.15, -0.1) is 0 Å². The highest BCUT2D eigenvalue weighted by Crippen LogP contribution is 2.26. The summed E-state index contributed by atoms with van der Waals surface area (Å²) in [6, 6.07) is 18.9. The molecule has 126 valence electrons. The zero-order chi connectivity index (χ0) is 17.8. The van der Waals surface area contributed by atoms with Crippen LogP contribution in [0, 0.1) is 0 Å². The summed E-state index contributed by atoms with van der Waals surface area (Å²) in [7, 11) is 1.54. The standard InChI is InChI=1S/C19H15BrN2O2S/c1-24-17-11-13-5-3-2-4-12(13)10-16(17)18(23)22-19(25)21-15-8-6-14(20)7-9-15/h2-11H,1H3,(H2,21,22,23,25). The van der Waals surface area contributed by atoms with Gasteiger partial charge in [-0.2, -0.15) is 0 Å². The van der Waals surface area contributed by atoms with Gasteiger partial charge in [0.15, 0.2) is 5.11 Å². The fourth-order valence-corrected chi connectivity index (χ4v) is 2.91. The SMILES string of the molecule is COc1cc2ccccc2cc1C(=O)NC(=S)Nc1ccc(Br)cc1. The molecular formula is C19H15BrN2O2S. The van der Waals surface area contributed by atoms with E-state index in [0.717, 1.165) is 20.9 Å². The lowest BCUT2D eigenvalue weighted by molar-refractivity contribution is 0.0975. The van der Waals surface area contributed by atoms with E-state index in [1.165, 1.54) is 0 Å². The van der Waals surface area contributed by atoms with Crippen molar-refractivity contribution in [2.75, 3.05) is 12.4 Å². The number of carbonyl (C=O) groups excluding carboxylic acids is 1. The van der Waals surface area contributed by atoms with Crippen molar-refractivity contribution in [1.82, 2.24) is 5.32 Å². The number of rotatable bonds is 3. The van der Waals surface area contributed by atoms with Crippen LogP contribution in [0.5, 0.6) is 5.75 Å². The van der Waals surface area contributed by atoms with Gasteiger partial charge in [-0.3, -0.25) is 10.1 Å². The minimum Gasteiger partial charge on any atom is -0.496 e. The van der Waals surface area contributed by atoms with Gasteiger partial charge in [-0.25, -0.2) is 0 Å². The van der Waals surface area contributed by atoms with Crippen LogP contribution < -0.4 is 15.4 Å². The molecule has 0 unspecified atom stereocenters. The summed E-state index contributed by atoms with van der Waals surface area (Å²) >= 11 is 8.60. The maximum absolute atomic E-state index is 12.6. The van der Waals surface area contributed by atoms with Crippen LogP contribution in [0.4, 0.5) is 5.69 Å². The number of hydrogen-bond acceptors (Lipinski definition) is 3. The second-order valence-electron chi connectivity index (χ2n) is 5.31. The van der Waals surface area contributed by atoms with E-state index >= 15 is 0 Å². The number of amides is 1. The minimum absolute atomic E-state index is 0.225. The van der Waals surface area contributed by atoms with E-state index in [-0.39, 0.29) is 11.0 Å². The van der Waals surface area contributed by atoms with Crippen LogP contribution in [0.3, 0.4) is 0 Å². The monoisotopic (exact) mass is 414 g/mol. The molecule has 25 heavy (non-hydrogen) atoms. The highest BCUT2D eigenvalue weighted by molar-refractivity contribution is 9.10. The van der Waals surface area contributed by atoms with Gasteiger partial charge in [0.2, 0.25) is 0 Å². The molecule has 0 radical (unpaired) electrons. The van der Waals surface area contributed by atoms with E-state index in [9.17, 15) is 4.79 Å². The molecule has 0 atom stereocenters. The van der Waals surface area contributed by atoms with Crippen LogP contribution in [-0.2, 0) is 0 Å². The first kappa shape index (κ1) is 17.4. The lowest BCUT2D eigenvalue weighted by atomic mass is 10.1. The number of ether oxygens (including phenoxy) is 1. The summed E-state index contributed by atoms with van der Waals surface area (Å²) in [5.41, 5.74) is 1.22. The number of fused-ring (bicyclic) bond motifs is 1. The number of hydrogen-bond donors (Lipinski definition) is 2. The second kappa shape index (κ2) is 7.63. The van der Waals surface area contributed by atoms with Crippen LogP contribution >= 0.6 is 28.1 Å². The largest absolute Gasteiger partial charge is 0.496 e. The van der Waals surface area contributed by atoms with Crippen LogP contribution in [-0.4, -0.2) is 18.1 Å². The van der Waals surface area contributed by atoms with E-state index in [2.05, 4.69) is 26.6 Å². The first-order chi connectivity index (χ1) is 12.1. The zero-order valence-electron chi connectivity index (χ0n) is 13.4. The second-order valence-corrected chi connectivity index (χ2v) is 6.64. The number of anilines is 1. The Kier molecular flexibility index (Phi) is 5.31. The Morgan fingerprint density at radius 1 is 1.04 bits per heavy atom. The summed E-state index contributed by atoms with van der Waals surface area (Å²) in [6.45, 7) is 0. The molecule has 0 bridgehead atoms. The predicted octanol–water partition coefficient (Wildman–Crippen LogP) is 4.74. The third-order valence-electron chi connectivity index (χ3n) is 3.64. The Labute approximate surface area is 159 Å². The lowest BCUT2D eigenvalue weighted by Crippen LogP contribution is -2.34. The fourth-order valence-electron chi connectivity index (χ4n) is 2.43. The molecule has 3 rings (SSSR count). The number of methoxy groups -OCH3 is 1. The molecule has 0 spiro atoms. The van der Waals surface area contributed by atoms with Gasteiger partial charge in [-0.1, -0.05) is 40.2 Å². The van der Waals surface area contributed by atoms with Gasteiger partial charge < -0.3 is 10.1 Å². The Bertz CT molecular complexity index is 942. The normalized spacial score (nSPS) is 10.3. The highest BCUT2D eigenvalue weighted by Gasteiger charge is 2.15. The smallest absolute Gasteiger partial charge is 0.261 e.